The van der Waals surface area contributed by atoms with E-state index in [0.29, 0.717) is 17.7 Å². The number of nitrogens with one attached hydrogen (secondary N) is 1. The molecule has 8 heteroatoms. The minimum Gasteiger partial charge on any atom is -0.326 e. The number of amides is 1. The van der Waals surface area contributed by atoms with E-state index in [1.165, 1.54) is 10.4 Å². The molecule has 0 atom stereocenters. The zero-order valence-corrected chi connectivity index (χ0v) is 18.4. The van der Waals surface area contributed by atoms with Gasteiger partial charge in [-0.15, -0.1) is 0 Å². The highest BCUT2D eigenvalue weighted by molar-refractivity contribution is 7.89. The Morgan fingerprint density at radius 1 is 0.967 bits per heavy atom. The van der Waals surface area contributed by atoms with Crippen LogP contribution in [0.15, 0.2) is 29.2 Å². The lowest BCUT2D eigenvalue weighted by atomic mass is 9.97. The van der Waals surface area contributed by atoms with Crippen LogP contribution in [0.25, 0.3) is 0 Å². The third kappa shape index (κ3) is 4.25. The predicted octanol–water partition coefficient (Wildman–Crippen LogP) is 4.24. The van der Waals surface area contributed by atoms with Crippen molar-refractivity contribution >= 4 is 21.6 Å². The number of sulfonamides is 1. The van der Waals surface area contributed by atoms with Gasteiger partial charge in [-0.2, -0.15) is 4.31 Å². The van der Waals surface area contributed by atoms with Crippen molar-refractivity contribution in [3.05, 3.63) is 58.2 Å². The highest BCUT2D eigenvalue weighted by Gasteiger charge is 2.34. The molecule has 0 bridgehead atoms. The maximum Gasteiger partial charge on any atom is 0.243 e. The quantitative estimate of drug-likeness (QED) is 0.780. The summed E-state index contributed by atoms with van der Waals surface area (Å²) in [6, 6.07) is 5.16. The van der Waals surface area contributed by atoms with Gasteiger partial charge in [0, 0.05) is 30.8 Å². The molecule has 3 rings (SSSR count). The van der Waals surface area contributed by atoms with Gasteiger partial charge >= 0.3 is 0 Å². The van der Waals surface area contributed by atoms with Crippen molar-refractivity contribution in [2.24, 2.45) is 5.92 Å². The van der Waals surface area contributed by atoms with Crippen LogP contribution in [0, 0.1) is 45.2 Å². The fourth-order valence-corrected chi connectivity index (χ4v) is 5.92. The van der Waals surface area contributed by atoms with Crippen LogP contribution in [-0.2, 0) is 14.8 Å². The molecule has 0 radical (unpaired) electrons. The van der Waals surface area contributed by atoms with E-state index in [4.69, 9.17) is 0 Å². The van der Waals surface area contributed by atoms with Gasteiger partial charge in [0.15, 0.2) is 11.6 Å². The van der Waals surface area contributed by atoms with Crippen molar-refractivity contribution in [2.75, 3.05) is 18.4 Å². The summed E-state index contributed by atoms with van der Waals surface area (Å²) in [5.41, 5.74) is 3.53. The van der Waals surface area contributed by atoms with E-state index in [-0.39, 0.29) is 24.7 Å². The molecule has 1 heterocycles. The summed E-state index contributed by atoms with van der Waals surface area (Å²) in [4.78, 5) is 12.8. The molecule has 5 nitrogen and oxygen atoms in total. The molecule has 1 aliphatic rings. The van der Waals surface area contributed by atoms with E-state index in [9.17, 15) is 22.0 Å². The van der Waals surface area contributed by atoms with E-state index in [2.05, 4.69) is 5.32 Å². The van der Waals surface area contributed by atoms with E-state index in [1.807, 2.05) is 33.8 Å². The Morgan fingerprint density at radius 3 is 2.07 bits per heavy atom. The van der Waals surface area contributed by atoms with E-state index in [0.717, 1.165) is 34.4 Å². The molecule has 30 heavy (non-hydrogen) atoms. The van der Waals surface area contributed by atoms with E-state index >= 15 is 0 Å². The smallest absolute Gasteiger partial charge is 0.243 e. The number of anilines is 1. The number of nitrogens with zero attached hydrogens (tertiary/aromatic N) is 1. The average molecular weight is 437 g/mol. The topological polar surface area (TPSA) is 66.5 Å². The number of halogens is 2. The van der Waals surface area contributed by atoms with Crippen molar-refractivity contribution in [3.63, 3.8) is 0 Å². The molecular weight excluding hydrogens is 410 g/mol. The maximum atomic E-state index is 13.3. The molecule has 2 aromatic carbocycles. The second kappa shape index (κ2) is 8.43. The van der Waals surface area contributed by atoms with Crippen molar-refractivity contribution in [1.82, 2.24) is 4.31 Å². The Kier molecular flexibility index (Phi) is 6.29. The maximum absolute atomic E-state index is 13.3. The van der Waals surface area contributed by atoms with Crippen LogP contribution in [0.5, 0.6) is 0 Å². The normalized spacial score (nSPS) is 15.9. The second-order valence-corrected chi connectivity index (χ2v) is 9.76. The van der Waals surface area contributed by atoms with Gasteiger partial charge in [-0.3, -0.25) is 4.79 Å². The third-order valence-corrected chi connectivity index (χ3v) is 8.08. The van der Waals surface area contributed by atoms with Crippen LogP contribution in [0.3, 0.4) is 0 Å². The van der Waals surface area contributed by atoms with Gasteiger partial charge in [0.1, 0.15) is 0 Å². The first-order valence-corrected chi connectivity index (χ1v) is 11.3. The van der Waals surface area contributed by atoms with Crippen LogP contribution >= 0.6 is 0 Å². The number of hydrogen-bond acceptors (Lipinski definition) is 3. The number of hydrogen-bond donors (Lipinski definition) is 1. The number of benzene rings is 2. The molecule has 0 saturated carbocycles. The van der Waals surface area contributed by atoms with Gasteiger partial charge < -0.3 is 5.32 Å². The van der Waals surface area contributed by atoms with Gasteiger partial charge in [0.05, 0.1) is 4.90 Å². The summed E-state index contributed by atoms with van der Waals surface area (Å²) < 4.78 is 54.4. The minimum absolute atomic E-state index is 0.176. The molecule has 0 aromatic heterocycles. The molecule has 2 aromatic rings. The Morgan fingerprint density at radius 2 is 1.53 bits per heavy atom. The number of carbonyl (C=O) groups is 1. The van der Waals surface area contributed by atoms with Crippen LogP contribution in [0.4, 0.5) is 14.5 Å². The fraction of sp³-hybridized carbons (Fsp3) is 0.409. The number of carbonyl (C=O) groups excluding carboxylic acids is 1. The highest BCUT2D eigenvalue weighted by Crippen LogP contribution is 2.31. The largest absolute Gasteiger partial charge is 0.326 e. The lowest BCUT2D eigenvalue weighted by molar-refractivity contribution is -0.120. The monoisotopic (exact) mass is 436 g/mol. The Balaban J connectivity index is 1.72. The van der Waals surface area contributed by atoms with Crippen LogP contribution in [0.1, 0.15) is 35.1 Å². The molecule has 0 aliphatic carbocycles. The summed E-state index contributed by atoms with van der Waals surface area (Å²) >= 11 is 0. The van der Waals surface area contributed by atoms with Crippen molar-refractivity contribution < 1.29 is 22.0 Å². The number of rotatable bonds is 4. The summed E-state index contributed by atoms with van der Waals surface area (Å²) in [6.45, 7) is 7.88. The number of piperidine rings is 1. The molecule has 1 saturated heterocycles. The number of aryl methyl sites for hydroxylation is 2. The van der Waals surface area contributed by atoms with Crippen molar-refractivity contribution in [2.45, 2.75) is 45.4 Å². The Bertz CT molecular complexity index is 1070. The van der Waals surface area contributed by atoms with E-state index in [1.54, 1.807) is 0 Å². The zero-order valence-electron chi connectivity index (χ0n) is 17.6. The second-order valence-electron chi connectivity index (χ2n) is 7.89. The standard InChI is InChI=1S/C22H26F2N2O3S/c1-13-11-14(2)16(4)21(15(13)3)30(28,29)26-9-7-17(8-10-26)22(27)25-18-5-6-19(23)20(24)12-18/h5-6,11-12,17H,7-10H2,1-4H3,(H,25,27). The molecule has 0 unspecified atom stereocenters. The molecule has 1 aliphatic heterocycles. The third-order valence-electron chi connectivity index (χ3n) is 5.91. The van der Waals surface area contributed by atoms with Gasteiger partial charge in [-0.05, 0) is 74.9 Å². The van der Waals surface area contributed by atoms with Gasteiger partial charge in [0.25, 0.3) is 0 Å². The van der Waals surface area contributed by atoms with Crippen LogP contribution in [0.2, 0.25) is 0 Å². The first kappa shape index (κ1) is 22.4. The molecule has 1 amide bonds. The van der Waals surface area contributed by atoms with Gasteiger partial charge in [-0.1, -0.05) is 6.07 Å². The first-order chi connectivity index (χ1) is 14.0. The zero-order chi connectivity index (χ0) is 22.2. The fourth-order valence-electron chi connectivity index (χ4n) is 3.87. The molecule has 0 spiro atoms. The van der Waals surface area contributed by atoms with E-state index < -0.39 is 27.6 Å². The summed E-state index contributed by atoms with van der Waals surface area (Å²) in [5, 5.41) is 2.58. The lowest BCUT2D eigenvalue weighted by Crippen LogP contribution is -2.41. The lowest BCUT2D eigenvalue weighted by Gasteiger charge is -2.31. The first-order valence-electron chi connectivity index (χ1n) is 9.86. The predicted molar refractivity (Wildman–Crippen MR) is 112 cm³/mol. The SMILES string of the molecule is Cc1cc(C)c(C)c(S(=O)(=O)N2CCC(C(=O)Nc3ccc(F)c(F)c3)CC2)c1C. The summed E-state index contributed by atoms with van der Waals surface area (Å²) in [6.07, 6.45) is 0.718. The molecule has 162 valence electrons. The molecule has 1 fully saturated rings. The molecule has 1 N–H and O–H groups in total. The minimum atomic E-state index is -3.68. The van der Waals surface area contributed by atoms with Crippen molar-refractivity contribution in [1.29, 1.82) is 0 Å². The highest BCUT2D eigenvalue weighted by atomic mass is 32.2. The molecular formula is C22H26F2N2O3S. The van der Waals surface area contributed by atoms with Crippen molar-refractivity contribution in [3.8, 4) is 0 Å². The Labute approximate surface area is 176 Å². The summed E-state index contributed by atoms with van der Waals surface area (Å²) in [5.74, 6) is -2.74. The van der Waals surface area contributed by atoms with Gasteiger partial charge in [0.2, 0.25) is 15.9 Å². The average Bonchev–Trinajstić information content (AvgIpc) is 2.69. The summed E-state index contributed by atoms with van der Waals surface area (Å²) in [7, 11) is -3.68. The Hall–Kier alpha value is -2.32. The van der Waals surface area contributed by atoms with Gasteiger partial charge in [-0.25, -0.2) is 17.2 Å². The van der Waals surface area contributed by atoms with Crippen LogP contribution < -0.4 is 5.32 Å². The van der Waals surface area contributed by atoms with Crippen LogP contribution in [-0.4, -0.2) is 31.7 Å².